The van der Waals surface area contributed by atoms with Crippen molar-refractivity contribution in [1.82, 2.24) is 4.90 Å². The maximum absolute atomic E-state index is 12.9. The van der Waals surface area contributed by atoms with Gasteiger partial charge in [0, 0.05) is 16.8 Å². The number of hydrogen-bond acceptors (Lipinski definition) is 2. The van der Waals surface area contributed by atoms with Gasteiger partial charge in [0.05, 0.1) is 6.04 Å². The number of hydrogen-bond donors (Lipinski definition) is 1. The highest BCUT2D eigenvalue weighted by Crippen LogP contribution is 2.32. The van der Waals surface area contributed by atoms with E-state index >= 15 is 0 Å². The van der Waals surface area contributed by atoms with Crippen molar-refractivity contribution < 1.29 is 9.21 Å². The third-order valence-corrected chi connectivity index (χ3v) is 4.89. The van der Waals surface area contributed by atoms with Crippen molar-refractivity contribution in [3.63, 3.8) is 0 Å². The maximum Gasteiger partial charge on any atom is 0.322 e. The molecule has 1 saturated carbocycles. The number of benzene rings is 1. The van der Waals surface area contributed by atoms with Crippen molar-refractivity contribution in [2.45, 2.75) is 51.6 Å². The zero-order valence-electron chi connectivity index (χ0n) is 14.1. The summed E-state index contributed by atoms with van der Waals surface area (Å²) in [5.41, 5.74) is 0.746. The zero-order valence-corrected chi connectivity index (χ0v) is 14.8. The summed E-state index contributed by atoms with van der Waals surface area (Å²) in [5.74, 6) is 1.69. The summed E-state index contributed by atoms with van der Waals surface area (Å²) in [6.45, 7) is 3.95. The lowest BCUT2D eigenvalue weighted by Gasteiger charge is -2.33. The number of carbonyl (C=O) groups excluding carboxylic acids is 1. The van der Waals surface area contributed by atoms with Gasteiger partial charge in [0.1, 0.15) is 11.5 Å². The standard InChI is InChI=1S/C19H23ClN2O2/c1-13-7-12-18(24-13)14(2)22(17-5-3-4-6-17)19(23)21-16-10-8-15(20)9-11-16/h7-12,14,17H,3-6H2,1-2H3,(H,21,23). The van der Waals surface area contributed by atoms with Gasteiger partial charge in [-0.2, -0.15) is 0 Å². The number of carbonyl (C=O) groups is 1. The molecule has 1 aliphatic rings. The molecule has 3 rings (SSSR count). The molecular formula is C19H23ClN2O2. The molecule has 1 fully saturated rings. The number of nitrogens with one attached hydrogen (secondary N) is 1. The van der Waals surface area contributed by atoms with Crippen molar-refractivity contribution in [1.29, 1.82) is 0 Å². The molecule has 1 aliphatic carbocycles. The molecule has 0 spiro atoms. The second-order valence-corrected chi connectivity index (χ2v) is 6.84. The molecule has 4 nitrogen and oxygen atoms in total. The van der Waals surface area contributed by atoms with Crippen LogP contribution in [0.3, 0.4) is 0 Å². The Morgan fingerprint density at radius 1 is 1.21 bits per heavy atom. The Bertz CT molecular complexity index is 690. The third kappa shape index (κ3) is 3.75. The Morgan fingerprint density at radius 3 is 2.46 bits per heavy atom. The zero-order chi connectivity index (χ0) is 17.1. The second-order valence-electron chi connectivity index (χ2n) is 6.41. The first kappa shape index (κ1) is 16.9. The molecule has 2 amide bonds. The van der Waals surface area contributed by atoms with Crippen LogP contribution in [-0.2, 0) is 0 Å². The highest BCUT2D eigenvalue weighted by molar-refractivity contribution is 6.30. The van der Waals surface area contributed by atoms with Crippen LogP contribution in [0.4, 0.5) is 10.5 Å². The van der Waals surface area contributed by atoms with Crippen LogP contribution in [0.1, 0.15) is 50.2 Å². The summed E-state index contributed by atoms with van der Waals surface area (Å²) in [6, 6.07) is 11.1. The van der Waals surface area contributed by atoms with Gasteiger partial charge in [-0.15, -0.1) is 0 Å². The molecule has 0 radical (unpaired) electrons. The van der Waals surface area contributed by atoms with Crippen molar-refractivity contribution in [2.24, 2.45) is 0 Å². The molecule has 2 aromatic rings. The Morgan fingerprint density at radius 2 is 1.88 bits per heavy atom. The van der Waals surface area contributed by atoms with Gasteiger partial charge < -0.3 is 14.6 Å². The van der Waals surface area contributed by atoms with E-state index in [0.717, 1.165) is 30.0 Å². The molecule has 0 saturated heterocycles. The highest BCUT2D eigenvalue weighted by Gasteiger charge is 2.32. The number of nitrogens with zero attached hydrogens (tertiary/aromatic N) is 1. The highest BCUT2D eigenvalue weighted by atomic mass is 35.5. The van der Waals surface area contributed by atoms with Crippen LogP contribution in [0, 0.1) is 6.92 Å². The third-order valence-electron chi connectivity index (χ3n) is 4.64. The van der Waals surface area contributed by atoms with Crippen molar-refractivity contribution in [3.8, 4) is 0 Å². The van der Waals surface area contributed by atoms with Gasteiger partial charge in [-0.25, -0.2) is 4.79 Å². The van der Waals surface area contributed by atoms with Crippen LogP contribution in [0.5, 0.6) is 0 Å². The van der Waals surface area contributed by atoms with E-state index in [1.165, 1.54) is 12.8 Å². The molecule has 128 valence electrons. The molecular weight excluding hydrogens is 324 g/mol. The number of anilines is 1. The van der Waals surface area contributed by atoms with Crippen LogP contribution in [-0.4, -0.2) is 17.0 Å². The SMILES string of the molecule is Cc1ccc(C(C)N(C(=O)Nc2ccc(Cl)cc2)C2CCCC2)o1. The van der Waals surface area contributed by atoms with Gasteiger partial charge in [-0.1, -0.05) is 24.4 Å². The van der Waals surface area contributed by atoms with E-state index in [2.05, 4.69) is 5.32 Å². The van der Waals surface area contributed by atoms with E-state index in [-0.39, 0.29) is 18.1 Å². The van der Waals surface area contributed by atoms with Crippen LogP contribution in [0.2, 0.25) is 5.02 Å². The first-order valence-electron chi connectivity index (χ1n) is 8.46. The summed E-state index contributed by atoms with van der Waals surface area (Å²) in [4.78, 5) is 14.9. The summed E-state index contributed by atoms with van der Waals surface area (Å²) < 4.78 is 5.76. The lowest BCUT2D eigenvalue weighted by atomic mass is 10.1. The van der Waals surface area contributed by atoms with Crippen molar-refractivity contribution >= 4 is 23.3 Å². The molecule has 1 aromatic heterocycles. The van der Waals surface area contributed by atoms with E-state index in [4.69, 9.17) is 16.0 Å². The van der Waals surface area contributed by atoms with Crippen LogP contribution < -0.4 is 5.32 Å². The Balaban J connectivity index is 1.80. The molecule has 1 aromatic carbocycles. The first-order chi connectivity index (χ1) is 11.5. The lowest BCUT2D eigenvalue weighted by molar-refractivity contribution is 0.151. The van der Waals surface area contributed by atoms with Gasteiger partial charge in [0.15, 0.2) is 0 Å². The van der Waals surface area contributed by atoms with Crippen molar-refractivity contribution in [2.75, 3.05) is 5.32 Å². The summed E-state index contributed by atoms with van der Waals surface area (Å²) in [6.07, 6.45) is 4.41. The number of furan rings is 1. The van der Waals surface area contributed by atoms with E-state index in [9.17, 15) is 4.79 Å². The largest absolute Gasteiger partial charge is 0.464 e. The predicted molar refractivity (Wildman–Crippen MR) is 96.4 cm³/mol. The van der Waals surface area contributed by atoms with E-state index in [0.29, 0.717) is 5.02 Å². The van der Waals surface area contributed by atoms with Gasteiger partial charge in [-0.3, -0.25) is 0 Å². The first-order valence-corrected chi connectivity index (χ1v) is 8.83. The molecule has 1 atom stereocenters. The second kappa shape index (κ2) is 7.31. The molecule has 0 bridgehead atoms. The number of amides is 2. The fourth-order valence-corrected chi connectivity index (χ4v) is 3.50. The average Bonchev–Trinajstić information content (AvgIpc) is 3.21. The smallest absolute Gasteiger partial charge is 0.322 e. The van der Waals surface area contributed by atoms with E-state index in [1.807, 2.05) is 43.0 Å². The van der Waals surface area contributed by atoms with Crippen LogP contribution in [0.15, 0.2) is 40.8 Å². The van der Waals surface area contributed by atoms with Gasteiger partial charge in [0.2, 0.25) is 0 Å². The minimum atomic E-state index is -0.103. The van der Waals surface area contributed by atoms with Crippen LogP contribution >= 0.6 is 11.6 Å². The molecule has 5 heteroatoms. The predicted octanol–water partition coefficient (Wildman–Crippen LogP) is 5.78. The normalized spacial score (nSPS) is 16.1. The average molecular weight is 347 g/mol. The molecule has 24 heavy (non-hydrogen) atoms. The maximum atomic E-state index is 12.9. The number of aryl methyl sites for hydroxylation is 1. The molecule has 1 N–H and O–H groups in total. The van der Waals surface area contributed by atoms with E-state index < -0.39 is 0 Å². The monoisotopic (exact) mass is 346 g/mol. The summed E-state index contributed by atoms with van der Waals surface area (Å²) in [7, 11) is 0. The molecule has 1 heterocycles. The van der Waals surface area contributed by atoms with E-state index in [1.54, 1.807) is 12.1 Å². The van der Waals surface area contributed by atoms with Gasteiger partial charge in [-0.05, 0) is 63.1 Å². The topological polar surface area (TPSA) is 45.5 Å². The summed E-state index contributed by atoms with van der Waals surface area (Å²) in [5, 5.41) is 3.64. The number of rotatable bonds is 4. The Labute approximate surface area is 147 Å². The molecule has 0 aliphatic heterocycles. The van der Waals surface area contributed by atoms with Gasteiger partial charge in [0.25, 0.3) is 0 Å². The quantitative estimate of drug-likeness (QED) is 0.762. The number of urea groups is 1. The molecule has 1 unspecified atom stereocenters. The van der Waals surface area contributed by atoms with Crippen molar-refractivity contribution in [3.05, 3.63) is 52.9 Å². The minimum Gasteiger partial charge on any atom is -0.464 e. The van der Waals surface area contributed by atoms with Crippen LogP contribution in [0.25, 0.3) is 0 Å². The minimum absolute atomic E-state index is 0.0919. The summed E-state index contributed by atoms with van der Waals surface area (Å²) >= 11 is 5.91. The fourth-order valence-electron chi connectivity index (χ4n) is 3.38. The Kier molecular flexibility index (Phi) is 5.14. The van der Waals surface area contributed by atoms with Gasteiger partial charge >= 0.3 is 6.03 Å². The lowest BCUT2D eigenvalue weighted by Crippen LogP contribution is -2.43. The fraction of sp³-hybridized carbons (Fsp3) is 0.421. The Hall–Kier alpha value is -1.94. The number of halogens is 1.